The number of hydrogen-bond donors (Lipinski definition) is 1. The van der Waals surface area contributed by atoms with Gasteiger partial charge in [-0.2, -0.15) is 5.10 Å². The molecule has 0 amide bonds. The Bertz CT molecular complexity index is 676. The molecule has 0 fully saturated rings. The first-order chi connectivity index (χ1) is 9.90. The summed E-state index contributed by atoms with van der Waals surface area (Å²) in [5, 5.41) is 7.64. The van der Waals surface area contributed by atoms with E-state index in [1.54, 1.807) is 6.20 Å². The lowest BCUT2D eigenvalue weighted by atomic mass is 10.1. The molecule has 0 saturated carbocycles. The Balaban J connectivity index is 2.17. The van der Waals surface area contributed by atoms with Gasteiger partial charge < -0.3 is 5.32 Å². The van der Waals surface area contributed by atoms with Gasteiger partial charge in [0.15, 0.2) is 5.82 Å². The van der Waals surface area contributed by atoms with Gasteiger partial charge in [0.2, 0.25) is 0 Å². The molecule has 2 aromatic heterocycles. The first-order valence-electron chi connectivity index (χ1n) is 6.43. The second kappa shape index (κ2) is 5.63. The van der Waals surface area contributed by atoms with Crippen LogP contribution < -0.4 is 5.32 Å². The van der Waals surface area contributed by atoms with Crippen molar-refractivity contribution in [1.29, 1.82) is 0 Å². The highest BCUT2D eigenvalue weighted by molar-refractivity contribution is 5.65. The summed E-state index contributed by atoms with van der Waals surface area (Å²) in [6, 6.07) is 12.1. The number of nitrogens with zero attached hydrogens (tertiary/aromatic N) is 4. The van der Waals surface area contributed by atoms with Crippen LogP contribution in [0.15, 0.2) is 55.1 Å². The average Bonchev–Trinajstić information content (AvgIpc) is 2.93. The Morgan fingerprint density at radius 1 is 1.15 bits per heavy atom. The van der Waals surface area contributed by atoms with E-state index in [1.807, 2.05) is 42.2 Å². The molecule has 20 heavy (non-hydrogen) atoms. The molecule has 100 valence electrons. The lowest BCUT2D eigenvalue weighted by molar-refractivity contribution is 0.817. The monoisotopic (exact) mass is 265 g/mol. The van der Waals surface area contributed by atoms with Crippen LogP contribution in [0, 0.1) is 0 Å². The molecule has 0 aliphatic carbocycles. The molecule has 0 atom stereocenters. The number of hydrogen-bond acceptors (Lipinski definition) is 4. The van der Waals surface area contributed by atoms with Crippen LogP contribution in [-0.4, -0.2) is 26.8 Å². The van der Waals surface area contributed by atoms with E-state index in [2.05, 4.69) is 32.5 Å². The third-order valence-corrected chi connectivity index (χ3v) is 3.04. The van der Waals surface area contributed by atoms with Crippen molar-refractivity contribution >= 4 is 0 Å². The maximum absolute atomic E-state index is 4.47. The van der Waals surface area contributed by atoms with Crippen molar-refractivity contribution in [2.75, 3.05) is 7.05 Å². The minimum absolute atomic E-state index is 0.759. The van der Waals surface area contributed by atoms with Crippen molar-refractivity contribution in [3.8, 4) is 17.1 Å². The molecule has 0 radical (unpaired) electrons. The topological polar surface area (TPSA) is 55.6 Å². The zero-order chi connectivity index (χ0) is 13.8. The van der Waals surface area contributed by atoms with E-state index in [-0.39, 0.29) is 0 Å². The molecule has 0 aliphatic rings. The SMILES string of the molecule is CNCc1cnn(-c2ccncn2)c1-c1ccccc1. The third kappa shape index (κ3) is 2.31. The summed E-state index contributed by atoms with van der Waals surface area (Å²) in [6.07, 6.45) is 5.13. The average molecular weight is 265 g/mol. The van der Waals surface area contributed by atoms with Crippen molar-refractivity contribution in [1.82, 2.24) is 25.1 Å². The molecular weight excluding hydrogens is 250 g/mol. The van der Waals surface area contributed by atoms with Gasteiger partial charge in [-0.1, -0.05) is 30.3 Å². The smallest absolute Gasteiger partial charge is 0.157 e. The predicted octanol–water partition coefficient (Wildman–Crippen LogP) is 2.05. The molecule has 0 saturated heterocycles. The van der Waals surface area contributed by atoms with Gasteiger partial charge in [0.05, 0.1) is 11.9 Å². The van der Waals surface area contributed by atoms with Gasteiger partial charge in [0.25, 0.3) is 0 Å². The lowest BCUT2D eigenvalue weighted by Gasteiger charge is -2.09. The van der Waals surface area contributed by atoms with Gasteiger partial charge in [-0.15, -0.1) is 0 Å². The zero-order valence-electron chi connectivity index (χ0n) is 11.2. The molecule has 1 N–H and O–H groups in total. The van der Waals surface area contributed by atoms with Crippen molar-refractivity contribution in [3.05, 3.63) is 60.7 Å². The first kappa shape index (κ1) is 12.5. The standard InChI is InChI=1S/C15H15N5/c1-16-9-13-10-19-20(14-7-8-17-11-18-14)15(13)12-5-3-2-4-6-12/h2-8,10-11,16H,9H2,1H3. The Hall–Kier alpha value is -2.53. The molecule has 0 aliphatic heterocycles. The quantitative estimate of drug-likeness (QED) is 0.784. The van der Waals surface area contributed by atoms with Crippen molar-refractivity contribution in [2.24, 2.45) is 0 Å². The van der Waals surface area contributed by atoms with Crippen molar-refractivity contribution in [2.45, 2.75) is 6.54 Å². The molecule has 3 rings (SSSR count). The minimum Gasteiger partial charge on any atom is -0.316 e. The minimum atomic E-state index is 0.759. The fourth-order valence-corrected chi connectivity index (χ4v) is 2.19. The second-order valence-electron chi connectivity index (χ2n) is 4.39. The fraction of sp³-hybridized carbons (Fsp3) is 0.133. The summed E-state index contributed by atoms with van der Waals surface area (Å²) < 4.78 is 1.85. The Morgan fingerprint density at radius 3 is 2.70 bits per heavy atom. The van der Waals surface area contributed by atoms with Crippen LogP contribution in [0.1, 0.15) is 5.56 Å². The molecule has 0 bridgehead atoms. The summed E-state index contributed by atoms with van der Waals surface area (Å²) in [4.78, 5) is 8.23. The Kier molecular flexibility index (Phi) is 3.52. The van der Waals surface area contributed by atoms with E-state index in [1.165, 1.54) is 6.33 Å². The highest BCUT2D eigenvalue weighted by Crippen LogP contribution is 2.25. The summed E-state index contributed by atoms with van der Waals surface area (Å²) in [5.74, 6) is 0.765. The molecule has 5 nitrogen and oxygen atoms in total. The predicted molar refractivity (Wildman–Crippen MR) is 77.4 cm³/mol. The van der Waals surface area contributed by atoms with Gasteiger partial charge in [-0.25, -0.2) is 14.6 Å². The largest absolute Gasteiger partial charge is 0.316 e. The van der Waals surface area contributed by atoms with Crippen LogP contribution in [0.5, 0.6) is 0 Å². The molecule has 0 unspecified atom stereocenters. The summed E-state index contributed by atoms with van der Waals surface area (Å²) in [6.45, 7) is 0.759. The van der Waals surface area contributed by atoms with Gasteiger partial charge >= 0.3 is 0 Å². The number of rotatable bonds is 4. The van der Waals surface area contributed by atoms with E-state index in [0.717, 1.165) is 29.2 Å². The second-order valence-corrected chi connectivity index (χ2v) is 4.39. The van der Waals surface area contributed by atoms with Crippen molar-refractivity contribution < 1.29 is 0 Å². The van der Waals surface area contributed by atoms with Gasteiger partial charge in [0.1, 0.15) is 6.33 Å². The molecule has 0 spiro atoms. The molecule has 3 aromatic rings. The number of aromatic nitrogens is 4. The summed E-state index contributed by atoms with van der Waals surface area (Å²) in [7, 11) is 1.93. The van der Waals surface area contributed by atoms with E-state index in [9.17, 15) is 0 Å². The van der Waals surface area contributed by atoms with Crippen molar-refractivity contribution in [3.63, 3.8) is 0 Å². The molecule has 1 aromatic carbocycles. The highest BCUT2D eigenvalue weighted by atomic mass is 15.3. The van der Waals surface area contributed by atoms with Crippen LogP contribution in [-0.2, 0) is 6.54 Å². The van der Waals surface area contributed by atoms with Gasteiger partial charge in [-0.05, 0) is 7.05 Å². The van der Waals surface area contributed by atoms with E-state index < -0.39 is 0 Å². The van der Waals surface area contributed by atoms with E-state index >= 15 is 0 Å². The fourth-order valence-electron chi connectivity index (χ4n) is 2.19. The number of benzene rings is 1. The maximum atomic E-state index is 4.47. The maximum Gasteiger partial charge on any atom is 0.157 e. The zero-order valence-corrected chi connectivity index (χ0v) is 11.2. The Labute approximate surface area is 117 Å². The lowest BCUT2D eigenvalue weighted by Crippen LogP contribution is -2.07. The normalized spacial score (nSPS) is 10.7. The van der Waals surface area contributed by atoms with Crippen LogP contribution in [0.4, 0.5) is 0 Å². The van der Waals surface area contributed by atoms with Gasteiger partial charge in [-0.3, -0.25) is 0 Å². The molecule has 2 heterocycles. The Morgan fingerprint density at radius 2 is 2.00 bits per heavy atom. The molecular formula is C15H15N5. The third-order valence-electron chi connectivity index (χ3n) is 3.04. The van der Waals surface area contributed by atoms with E-state index in [4.69, 9.17) is 0 Å². The van der Waals surface area contributed by atoms with Crippen LogP contribution in [0.25, 0.3) is 17.1 Å². The number of nitrogens with one attached hydrogen (secondary N) is 1. The van der Waals surface area contributed by atoms with E-state index in [0.29, 0.717) is 0 Å². The first-order valence-corrected chi connectivity index (χ1v) is 6.43. The van der Waals surface area contributed by atoms with Crippen LogP contribution in [0.3, 0.4) is 0 Å². The van der Waals surface area contributed by atoms with Gasteiger partial charge in [0, 0.05) is 29.9 Å². The molecule has 5 heteroatoms. The highest BCUT2D eigenvalue weighted by Gasteiger charge is 2.14. The summed E-state index contributed by atoms with van der Waals surface area (Å²) in [5.41, 5.74) is 3.31. The summed E-state index contributed by atoms with van der Waals surface area (Å²) >= 11 is 0. The van der Waals surface area contributed by atoms with Crippen LogP contribution >= 0.6 is 0 Å². The van der Waals surface area contributed by atoms with Crippen LogP contribution in [0.2, 0.25) is 0 Å².